The molecule has 0 saturated carbocycles. The molecule has 2 atom stereocenters. The molecule has 0 saturated heterocycles. The standard InChI is InChI=1S/C17H20F3N3OS/c1-3-10(2)14(21)15(24)22-8-13-9-25-16(23-13)11-4-6-12(7-5-11)17(18,19)20/h4-7,9-10,14H,3,8,21H2,1-2H3,(H,22,24). The van der Waals surface area contributed by atoms with Crippen LogP contribution in [0.4, 0.5) is 13.2 Å². The number of carbonyl (C=O) groups is 1. The highest BCUT2D eigenvalue weighted by molar-refractivity contribution is 7.13. The number of amides is 1. The molecule has 1 aromatic carbocycles. The van der Waals surface area contributed by atoms with E-state index in [-0.39, 0.29) is 18.4 Å². The fraction of sp³-hybridized carbons (Fsp3) is 0.412. The number of nitrogens with two attached hydrogens (primary N) is 1. The number of thiazole rings is 1. The Kier molecular flexibility index (Phi) is 6.18. The second-order valence-electron chi connectivity index (χ2n) is 5.85. The lowest BCUT2D eigenvalue weighted by Gasteiger charge is -2.17. The van der Waals surface area contributed by atoms with Crippen molar-refractivity contribution in [2.75, 3.05) is 0 Å². The van der Waals surface area contributed by atoms with Crippen LogP contribution in [0.15, 0.2) is 29.6 Å². The molecule has 4 nitrogen and oxygen atoms in total. The molecule has 1 amide bonds. The van der Waals surface area contributed by atoms with Crippen molar-refractivity contribution in [1.82, 2.24) is 10.3 Å². The van der Waals surface area contributed by atoms with Gasteiger partial charge in [-0.05, 0) is 18.1 Å². The highest BCUT2D eigenvalue weighted by atomic mass is 32.1. The van der Waals surface area contributed by atoms with Gasteiger partial charge in [-0.2, -0.15) is 13.2 Å². The van der Waals surface area contributed by atoms with Crippen LogP contribution in [0.2, 0.25) is 0 Å². The first-order chi connectivity index (χ1) is 11.7. The topological polar surface area (TPSA) is 68.0 Å². The predicted octanol–water partition coefficient (Wildman–Crippen LogP) is 3.82. The van der Waals surface area contributed by atoms with Gasteiger partial charge in [0.1, 0.15) is 5.01 Å². The van der Waals surface area contributed by atoms with E-state index < -0.39 is 17.8 Å². The summed E-state index contributed by atoms with van der Waals surface area (Å²) in [5, 5.41) is 5.11. The van der Waals surface area contributed by atoms with Crippen molar-refractivity contribution in [1.29, 1.82) is 0 Å². The van der Waals surface area contributed by atoms with Crippen molar-refractivity contribution >= 4 is 17.2 Å². The molecule has 2 aromatic rings. The van der Waals surface area contributed by atoms with E-state index >= 15 is 0 Å². The minimum Gasteiger partial charge on any atom is -0.349 e. The van der Waals surface area contributed by atoms with Gasteiger partial charge in [-0.1, -0.05) is 32.4 Å². The van der Waals surface area contributed by atoms with Gasteiger partial charge in [0.2, 0.25) is 5.91 Å². The van der Waals surface area contributed by atoms with Crippen molar-refractivity contribution in [3.63, 3.8) is 0 Å². The maximum Gasteiger partial charge on any atom is 0.416 e. The number of carbonyl (C=O) groups excluding carboxylic acids is 1. The minimum atomic E-state index is -4.36. The summed E-state index contributed by atoms with van der Waals surface area (Å²) in [5.41, 5.74) is 6.41. The Labute approximate surface area is 148 Å². The fourth-order valence-corrected chi connectivity index (χ4v) is 2.96. The number of nitrogens with one attached hydrogen (secondary N) is 1. The van der Waals surface area contributed by atoms with E-state index in [1.807, 2.05) is 13.8 Å². The molecule has 2 unspecified atom stereocenters. The number of rotatable bonds is 6. The second-order valence-corrected chi connectivity index (χ2v) is 6.71. The van der Waals surface area contributed by atoms with E-state index in [2.05, 4.69) is 10.3 Å². The third-order valence-corrected chi connectivity index (χ3v) is 4.95. The zero-order valence-electron chi connectivity index (χ0n) is 13.9. The molecule has 136 valence electrons. The number of hydrogen-bond acceptors (Lipinski definition) is 4. The molecule has 1 heterocycles. The molecule has 1 aromatic heterocycles. The zero-order chi connectivity index (χ0) is 18.6. The summed E-state index contributed by atoms with van der Waals surface area (Å²) < 4.78 is 37.8. The van der Waals surface area contributed by atoms with Gasteiger partial charge >= 0.3 is 6.18 Å². The molecule has 0 aliphatic heterocycles. The lowest BCUT2D eigenvalue weighted by molar-refractivity contribution is -0.137. The molecule has 0 spiro atoms. The van der Waals surface area contributed by atoms with E-state index in [4.69, 9.17) is 5.73 Å². The van der Waals surface area contributed by atoms with Crippen LogP contribution in [0, 0.1) is 5.92 Å². The quantitative estimate of drug-likeness (QED) is 0.811. The molecule has 25 heavy (non-hydrogen) atoms. The van der Waals surface area contributed by atoms with Crippen molar-refractivity contribution < 1.29 is 18.0 Å². The zero-order valence-corrected chi connectivity index (χ0v) is 14.7. The number of aromatic nitrogens is 1. The smallest absolute Gasteiger partial charge is 0.349 e. The summed E-state index contributed by atoms with van der Waals surface area (Å²) in [6.07, 6.45) is -3.55. The van der Waals surface area contributed by atoms with E-state index in [1.165, 1.54) is 23.5 Å². The minimum absolute atomic E-state index is 0.0816. The molecule has 0 aliphatic carbocycles. The number of nitrogens with zero attached hydrogens (tertiary/aromatic N) is 1. The summed E-state index contributed by atoms with van der Waals surface area (Å²) in [7, 11) is 0. The summed E-state index contributed by atoms with van der Waals surface area (Å²) in [6.45, 7) is 4.12. The maximum absolute atomic E-state index is 12.6. The number of benzene rings is 1. The SMILES string of the molecule is CCC(C)C(N)C(=O)NCc1csc(-c2ccc(C(F)(F)F)cc2)n1. The van der Waals surface area contributed by atoms with E-state index in [0.717, 1.165) is 18.6 Å². The van der Waals surface area contributed by atoms with E-state index in [0.29, 0.717) is 16.3 Å². The highest BCUT2D eigenvalue weighted by Gasteiger charge is 2.30. The lowest BCUT2D eigenvalue weighted by atomic mass is 9.99. The monoisotopic (exact) mass is 371 g/mol. The average Bonchev–Trinajstić information content (AvgIpc) is 3.06. The Morgan fingerprint density at radius 1 is 1.32 bits per heavy atom. The summed E-state index contributed by atoms with van der Waals surface area (Å²) in [6, 6.07) is 4.27. The van der Waals surface area contributed by atoms with Crippen LogP contribution in [-0.2, 0) is 17.5 Å². The fourth-order valence-electron chi connectivity index (χ4n) is 2.13. The summed E-state index contributed by atoms with van der Waals surface area (Å²) in [5.74, 6) is -0.156. The lowest BCUT2D eigenvalue weighted by Crippen LogP contribution is -2.44. The van der Waals surface area contributed by atoms with Crippen LogP contribution < -0.4 is 11.1 Å². The van der Waals surface area contributed by atoms with E-state index in [1.54, 1.807) is 5.38 Å². The Balaban J connectivity index is 1.99. The Morgan fingerprint density at radius 3 is 2.52 bits per heavy atom. The van der Waals surface area contributed by atoms with E-state index in [9.17, 15) is 18.0 Å². The highest BCUT2D eigenvalue weighted by Crippen LogP contribution is 2.31. The van der Waals surface area contributed by atoms with Crippen molar-refractivity contribution in [2.45, 2.75) is 39.0 Å². The third kappa shape index (κ3) is 5.02. The van der Waals surface area contributed by atoms with Crippen LogP contribution in [0.3, 0.4) is 0 Å². The first-order valence-corrected chi connectivity index (χ1v) is 8.75. The average molecular weight is 371 g/mol. The normalized spacial score (nSPS) is 14.2. The molecule has 0 fully saturated rings. The number of alkyl halides is 3. The van der Waals surface area contributed by atoms with Crippen molar-refractivity contribution in [2.24, 2.45) is 11.7 Å². The predicted molar refractivity (Wildman–Crippen MR) is 91.8 cm³/mol. The Bertz CT molecular complexity index is 713. The van der Waals surface area contributed by atoms with Gasteiger partial charge in [0.05, 0.1) is 23.8 Å². The van der Waals surface area contributed by atoms with Gasteiger partial charge in [0.15, 0.2) is 0 Å². The molecule has 0 bridgehead atoms. The summed E-state index contributed by atoms with van der Waals surface area (Å²) in [4.78, 5) is 16.3. The van der Waals surface area contributed by atoms with Gasteiger partial charge in [-0.15, -0.1) is 11.3 Å². The van der Waals surface area contributed by atoms with Crippen LogP contribution >= 0.6 is 11.3 Å². The maximum atomic E-state index is 12.6. The van der Waals surface area contributed by atoms with Gasteiger partial charge in [0.25, 0.3) is 0 Å². The second kappa shape index (κ2) is 7.97. The van der Waals surface area contributed by atoms with Crippen molar-refractivity contribution in [3.8, 4) is 10.6 Å². The van der Waals surface area contributed by atoms with Gasteiger partial charge in [-0.25, -0.2) is 4.98 Å². The summed E-state index contributed by atoms with van der Waals surface area (Å²) >= 11 is 1.31. The largest absolute Gasteiger partial charge is 0.416 e. The molecule has 8 heteroatoms. The molecule has 2 rings (SSSR count). The Hall–Kier alpha value is -1.93. The number of halogens is 3. The van der Waals surface area contributed by atoms with Crippen LogP contribution in [-0.4, -0.2) is 16.9 Å². The first-order valence-electron chi connectivity index (χ1n) is 7.87. The van der Waals surface area contributed by atoms with Crippen LogP contribution in [0.25, 0.3) is 10.6 Å². The molecule has 0 radical (unpaired) electrons. The van der Waals surface area contributed by atoms with Crippen molar-refractivity contribution in [3.05, 3.63) is 40.9 Å². The number of hydrogen-bond donors (Lipinski definition) is 2. The molecular weight excluding hydrogens is 351 g/mol. The first kappa shape index (κ1) is 19.4. The van der Waals surface area contributed by atoms with Crippen LogP contribution in [0.5, 0.6) is 0 Å². The molecular formula is C17H20F3N3OS. The molecule has 0 aliphatic rings. The van der Waals surface area contributed by atoms with Crippen LogP contribution in [0.1, 0.15) is 31.5 Å². The van der Waals surface area contributed by atoms with Gasteiger partial charge in [-0.3, -0.25) is 4.79 Å². The third-order valence-electron chi connectivity index (χ3n) is 4.01. The molecule has 3 N–H and O–H groups in total. The Morgan fingerprint density at radius 2 is 1.96 bits per heavy atom. The van der Waals surface area contributed by atoms with Gasteiger partial charge < -0.3 is 11.1 Å². The van der Waals surface area contributed by atoms with Gasteiger partial charge in [0, 0.05) is 10.9 Å².